The fourth-order valence-electron chi connectivity index (χ4n) is 2.36. The summed E-state index contributed by atoms with van der Waals surface area (Å²) in [5.41, 5.74) is 2.38. The van der Waals surface area contributed by atoms with E-state index in [-0.39, 0.29) is 6.04 Å². The van der Waals surface area contributed by atoms with Crippen LogP contribution in [0.15, 0.2) is 24.8 Å². The van der Waals surface area contributed by atoms with Gasteiger partial charge in [-0.1, -0.05) is 13.0 Å². The van der Waals surface area contributed by atoms with E-state index < -0.39 is 0 Å². The number of hydrogen-bond donors (Lipinski definition) is 1. The Bertz CT molecular complexity index is 547. The van der Waals surface area contributed by atoms with E-state index in [2.05, 4.69) is 54.1 Å². The normalized spacial score (nSPS) is 12.8. The summed E-state index contributed by atoms with van der Waals surface area (Å²) < 4.78 is 1.98. The number of rotatable bonds is 6. The van der Waals surface area contributed by atoms with Gasteiger partial charge in [-0.2, -0.15) is 5.10 Å². The van der Waals surface area contributed by atoms with E-state index >= 15 is 0 Å². The summed E-state index contributed by atoms with van der Waals surface area (Å²) in [5, 5.41) is 7.81. The Hall–Kier alpha value is -1.75. The van der Waals surface area contributed by atoms with Crippen LogP contribution in [0.4, 0.5) is 0 Å². The van der Waals surface area contributed by atoms with Gasteiger partial charge in [-0.05, 0) is 38.4 Å². The van der Waals surface area contributed by atoms with E-state index in [0.717, 1.165) is 18.8 Å². The summed E-state index contributed by atoms with van der Waals surface area (Å²) in [7, 11) is 0. The Morgan fingerprint density at radius 2 is 2.10 bits per heavy atom. The average molecular weight is 273 g/mol. The zero-order valence-electron chi connectivity index (χ0n) is 12.7. The van der Waals surface area contributed by atoms with E-state index in [9.17, 15) is 0 Å². The van der Waals surface area contributed by atoms with Crippen molar-refractivity contribution >= 4 is 0 Å². The molecule has 0 amide bonds. The maximum Gasteiger partial charge on any atom is 0.138 e. The first-order valence-corrected chi connectivity index (χ1v) is 7.15. The third kappa shape index (κ3) is 3.42. The monoisotopic (exact) mass is 273 g/mol. The van der Waals surface area contributed by atoms with E-state index in [1.807, 2.05) is 17.1 Å². The quantitative estimate of drug-likeness (QED) is 0.878. The first-order chi connectivity index (χ1) is 9.61. The summed E-state index contributed by atoms with van der Waals surface area (Å²) in [6.45, 7) is 9.33. The molecule has 1 N–H and O–H groups in total. The van der Waals surface area contributed by atoms with Crippen LogP contribution in [0.2, 0.25) is 0 Å². The lowest BCUT2D eigenvalue weighted by molar-refractivity contribution is 0.468. The molecule has 0 saturated heterocycles. The molecule has 5 heteroatoms. The van der Waals surface area contributed by atoms with Crippen molar-refractivity contribution in [3.63, 3.8) is 0 Å². The summed E-state index contributed by atoms with van der Waals surface area (Å²) in [5.74, 6) is 1.01. The second kappa shape index (κ2) is 6.61. The molecular formula is C15H23N5. The standard InChI is InChI=1S/C15H23N5/c1-5-17-14(13-6-12(4)8-16-9-13)7-15-18-10-19-20(15)11(2)3/h6,8-11,14,17H,5,7H2,1-4H3. The number of likely N-dealkylation sites (N-methyl/N-ethyl adjacent to an activating group) is 1. The van der Waals surface area contributed by atoms with Crippen LogP contribution in [0.1, 0.15) is 49.8 Å². The van der Waals surface area contributed by atoms with Gasteiger partial charge in [0.1, 0.15) is 12.2 Å². The average Bonchev–Trinajstić information content (AvgIpc) is 2.86. The van der Waals surface area contributed by atoms with Gasteiger partial charge in [0.2, 0.25) is 0 Å². The molecule has 0 radical (unpaired) electrons. The number of aryl methyl sites for hydroxylation is 1. The Morgan fingerprint density at radius 3 is 2.75 bits per heavy atom. The molecule has 1 unspecified atom stereocenters. The smallest absolute Gasteiger partial charge is 0.138 e. The molecule has 2 aromatic rings. The SMILES string of the molecule is CCNC(Cc1ncnn1C(C)C)c1cncc(C)c1. The van der Waals surface area contributed by atoms with Crippen molar-refractivity contribution in [3.8, 4) is 0 Å². The zero-order valence-corrected chi connectivity index (χ0v) is 12.7. The van der Waals surface area contributed by atoms with Gasteiger partial charge < -0.3 is 5.32 Å². The molecule has 0 spiro atoms. The van der Waals surface area contributed by atoms with Crippen LogP contribution in [0.3, 0.4) is 0 Å². The van der Waals surface area contributed by atoms with E-state index in [1.165, 1.54) is 11.1 Å². The molecule has 0 bridgehead atoms. The second-order valence-electron chi connectivity index (χ2n) is 5.32. The van der Waals surface area contributed by atoms with Crippen molar-refractivity contribution in [2.75, 3.05) is 6.54 Å². The van der Waals surface area contributed by atoms with Crippen molar-refractivity contribution in [1.82, 2.24) is 25.1 Å². The minimum absolute atomic E-state index is 0.217. The van der Waals surface area contributed by atoms with Crippen LogP contribution in [-0.2, 0) is 6.42 Å². The Labute approximate surface area is 120 Å². The maximum atomic E-state index is 4.40. The third-order valence-electron chi connectivity index (χ3n) is 3.27. The van der Waals surface area contributed by atoms with E-state index in [4.69, 9.17) is 0 Å². The number of nitrogens with zero attached hydrogens (tertiary/aromatic N) is 4. The largest absolute Gasteiger partial charge is 0.310 e. The topological polar surface area (TPSA) is 55.6 Å². The minimum atomic E-state index is 0.217. The summed E-state index contributed by atoms with van der Waals surface area (Å²) in [4.78, 5) is 8.69. The molecule has 20 heavy (non-hydrogen) atoms. The molecule has 2 heterocycles. The van der Waals surface area contributed by atoms with Crippen LogP contribution >= 0.6 is 0 Å². The molecule has 0 aliphatic rings. The summed E-state index contributed by atoms with van der Waals surface area (Å²) in [6, 6.07) is 2.72. The first kappa shape index (κ1) is 14.7. The van der Waals surface area contributed by atoms with Crippen LogP contribution in [0.25, 0.3) is 0 Å². The van der Waals surface area contributed by atoms with Crippen LogP contribution < -0.4 is 5.32 Å². The van der Waals surface area contributed by atoms with Crippen LogP contribution in [-0.4, -0.2) is 26.3 Å². The van der Waals surface area contributed by atoms with Gasteiger partial charge in [0.15, 0.2) is 0 Å². The lowest BCUT2D eigenvalue weighted by Gasteiger charge is -2.19. The highest BCUT2D eigenvalue weighted by atomic mass is 15.3. The van der Waals surface area contributed by atoms with Crippen molar-refractivity contribution in [1.29, 1.82) is 0 Å². The third-order valence-corrected chi connectivity index (χ3v) is 3.27. The first-order valence-electron chi connectivity index (χ1n) is 7.15. The Balaban J connectivity index is 2.23. The summed E-state index contributed by atoms with van der Waals surface area (Å²) in [6.07, 6.45) is 6.25. The van der Waals surface area contributed by atoms with Crippen LogP contribution in [0.5, 0.6) is 0 Å². The second-order valence-corrected chi connectivity index (χ2v) is 5.32. The molecule has 1 atom stereocenters. The fourth-order valence-corrected chi connectivity index (χ4v) is 2.36. The van der Waals surface area contributed by atoms with Gasteiger partial charge >= 0.3 is 0 Å². The maximum absolute atomic E-state index is 4.40. The highest BCUT2D eigenvalue weighted by Gasteiger charge is 2.16. The number of pyridine rings is 1. The molecule has 2 aromatic heterocycles. The highest BCUT2D eigenvalue weighted by Crippen LogP contribution is 2.19. The predicted octanol–water partition coefficient (Wildman–Crippen LogP) is 2.46. The predicted molar refractivity (Wildman–Crippen MR) is 79.5 cm³/mol. The summed E-state index contributed by atoms with van der Waals surface area (Å²) >= 11 is 0. The molecule has 5 nitrogen and oxygen atoms in total. The van der Waals surface area contributed by atoms with Gasteiger partial charge in [-0.3, -0.25) is 4.98 Å². The lowest BCUT2D eigenvalue weighted by Crippen LogP contribution is -2.25. The highest BCUT2D eigenvalue weighted by molar-refractivity contribution is 5.21. The van der Waals surface area contributed by atoms with E-state index in [1.54, 1.807) is 6.33 Å². The van der Waals surface area contributed by atoms with Crippen molar-refractivity contribution in [2.45, 2.75) is 46.2 Å². The lowest BCUT2D eigenvalue weighted by atomic mass is 10.0. The number of aromatic nitrogens is 4. The van der Waals surface area contributed by atoms with Crippen molar-refractivity contribution in [2.24, 2.45) is 0 Å². The molecule has 0 saturated carbocycles. The van der Waals surface area contributed by atoms with Gasteiger partial charge in [-0.25, -0.2) is 9.67 Å². The minimum Gasteiger partial charge on any atom is -0.310 e. The van der Waals surface area contributed by atoms with Crippen molar-refractivity contribution < 1.29 is 0 Å². The molecular weight excluding hydrogens is 250 g/mol. The number of hydrogen-bond acceptors (Lipinski definition) is 4. The van der Waals surface area contributed by atoms with E-state index in [0.29, 0.717) is 6.04 Å². The van der Waals surface area contributed by atoms with Gasteiger partial charge in [0.05, 0.1) is 0 Å². The molecule has 0 fully saturated rings. The van der Waals surface area contributed by atoms with Gasteiger partial charge in [0, 0.05) is 30.9 Å². The molecule has 2 rings (SSSR count). The fraction of sp³-hybridized carbons (Fsp3) is 0.533. The van der Waals surface area contributed by atoms with Crippen LogP contribution in [0, 0.1) is 6.92 Å². The van der Waals surface area contributed by atoms with Gasteiger partial charge in [-0.15, -0.1) is 0 Å². The van der Waals surface area contributed by atoms with Crippen molar-refractivity contribution in [3.05, 3.63) is 41.7 Å². The zero-order chi connectivity index (χ0) is 14.5. The molecule has 108 valence electrons. The van der Waals surface area contributed by atoms with Gasteiger partial charge in [0.25, 0.3) is 0 Å². The number of nitrogens with one attached hydrogen (secondary N) is 1. The molecule has 0 aliphatic heterocycles. The molecule has 0 aromatic carbocycles. The Morgan fingerprint density at radius 1 is 1.30 bits per heavy atom. The molecule has 0 aliphatic carbocycles. The Kier molecular flexibility index (Phi) is 4.84.